The summed E-state index contributed by atoms with van der Waals surface area (Å²) in [6.45, 7) is 1.32. The van der Waals surface area contributed by atoms with Crippen molar-refractivity contribution in [2.24, 2.45) is 0 Å². The third kappa shape index (κ3) is 4.63. The Morgan fingerprint density at radius 1 is 1.12 bits per heavy atom. The van der Waals surface area contributed by atoms with Crippen molar-refractivity contribution >= 4 is 35.0 Å². The standard InChI is InChI=1S/C11H12Cl2N2O2/c1-7(16)14-10(9(12)13)15-11(17)8-5-3-2-4-6-8/h2-6,9-10H,1H3,(H,14,16)(H,15,17). The van der Waals surface area contributed by atoms with Gasteiger partial charge in [-0.15, -0.1) is 23.2 Å². The summed E-state index contributed by atoms with van der Waals surface area (Å²) in [5, 5.41) is 4.97. The molecule has 0 fully saturated rings. The SMILES string of the molecule is CC(=O)NC(NC(=O)c1ccccc1)C(Cl)Cl. The molecule has 2 N–H and O–H groups in total. The first-order valence-electron chi connectivity index (χ1n) is 4.92. The van der Waals surface area contributed by atoms with Gasteiger partial charge in [0.1, 0.15) is 11.0 Å². The average Bonchev–Trinajstić information content (AvgIpc) is 2.28. The predicted molar refractivity (Wildman–Crippen MR) is 67.0 cm³/mol. The van der Waals surface area contributed by atoms with Gasteiger partial charge in [0.25, 0.3) is 5.91 Å². The summed E-state index contributed by atoms with van der Waals surface area (Å²) in [7, 11) is 0. The highest BCUT2D eigenvalue weighted by Crippen LogP contribution is 2.07. The van der Waals surface area contributed by atoms with E-state index in [0.717, 1.165) is 0 Å². The Kier molecular flexibility index (Phi) is 5.25. The fourth-order valence-corrected chi connectivity index (χ4v) is 1.45. The van der Waals surface area contributed by atoms with Crippen molar-refractivity contribution in [2.45, 2.75) is 17.9 Å². The molecule has 0 aromatic heterocycles. The number of nitrogens with one attached hydrogen (secondary N) is 2. The summed E-state index contributed by atoms with van der Waals surface area (Å²) < 4.78 is 0. The van der Waals surface area contributed by atoms with Crippen LogP contribution in [0.3, 0.4) is 0 Å². The number of hydrogen-bond donors (Lipinski definition) is 2. The first-order valence-corrected chi connectivity index (χ1v) is 5.79. The minimum Gasteiger partial charge on any atom is -0.334 e. The second-order valence-electron chi connectivity index (χ2n) is 3.35. The molecule has 17 heavy (non-hydrogen) atoms. The molecule has 0 aliphatic rings. The molecule has 0 saturated carbocycles. The molecule has 0 aliphatic carbocycles. The zero-order valence-electron chi connectivity index (χ0n) is 9.11. The van der Waals surface area contributed by atoms with Crippen molar-refractivity contribution in [3.63, 3.8) is 0 Å². The fourth-order valence-electron chi connectivity index (χ4n) is 1.20. The van der Waals surface area contributed by atoms with Gasteiger partial charge in [0, 0.05) is 12.5 Å². The molecule has 2 amide bonds. The first kappa shape index (κ1) is 13.8. The number of carbonyl (C=O) groups excluding carboxylic acids is 2. The maximum atomic E-state index is 11.8. The Morgan fingerprint density at radius 3 is 2.18 bits per heavy atom. The number of hydrogen-bond acceptors (Lipinski definition) is 2. The van der Waals surface area contributed by atoms with E-state index >= 15 is 0 Å². The summed E-state index contributed by atoms with van der Waals surface area (Å²) in [4.78, 5) is 21.7. The van der Waals surface area contributed by atoms with E-state index in [1.54, 1.807) is 30.3 Å². The number of benzene rings is 1. The van der Waals surface area contributed by atoms with Crippen LogP contribution in [0.5, 0.6) is 0 Å². The molecule has 4 nitrogen and oxygen atoms in total. The molecule has 1 aromatic rings. The second kappa shape index (κ2) is 6.47. The topological polar surface area (TPSA) is 58.2 Å². The zero-order chi connectivity index (χ0) is 12.8. The Morgan fingerprint density at radius 2 is 1.71 bits per heavy atom. The molecule has 1 aromatic carbocycles. The Balaban J connectivity index is 2.68. The molecule has 1 unspecified atom stereocenters. The van der Waals surface area contributed by atoms with Crippen molar-refractivity contribution < 1.29 is 9.59 Å². The highest BCUT2D eigenvalue weighted by molar-refractivity contribution is 6.44. The zero-order valence-corrected chi connectivity index (χ0v) is 10.6. The van der Waals surface area contributed by atoms with Crippen LogP contribution in [0.1, 0.15) is 17.3 Å². The van der Waals surface area contributed by atoms with Gasteiger partial charge in [-0.1, -0.05) is 18.2 Å². The molecule has 6 heteroatoms. The van der Waals surface area contributed by atoms with Crippen LogP contribution in [0.4, 0.5) is 0 Å². The average molecular weight is 275 g/mol. The summed E-state index contributed by atoms with van der Waals surface area (Å²) in [6, 6.07) is 8.58. The van der Waals surface area contributed by atoms with Crippen molar-refractivity contribution in [3.8, 4) is 0 Å². The van der Waals surface area contributed by atoms with Crippen LogP contribution >= 0.6 is 23.2 Å². The van der Waals surface area contributed by atoms with Crippen LogP contribution in [0.2, 0.25) is 0 Å². The number of rotatable bonds is 4. The Labute approximate surface area is 109 Å². The highest BCUT2D eigenvalue weighted by Gasteiger charge is 2.20. The van der Waals surface area contributed by atoms with Crippen LogP contribution < -0.4 is 10.6 Å². The van der Waals surface area contributed by atoms with Gasteiger partial charge in [0.15, 0.2) is 0 Å². The summed E-state index contributed by atoms with van der Waals surface area (Å²) in [5.41, 5.74) is 0.469. The maximum Gasteiger partial charge on any atom is 0.252 e. The van der Waals surface area contributed by atoms with E-state index in [4.69, 9.17) is 23.2 Å². The van der Waals surface area contributed by atoms with Gasteiger partial charge in [-0.3, -0.25) is 9.59 Å². The van der Waals surface area contributed by atoms with Gasteiger partial charge in [-0.05, 0) is 12.1 Å². The van der Waals surface area contributed by atoms with Gasteiger partial charge in [0.2, 0.25) is 5.91 Å². The normalized spacial score (nSPS) is 12.0. The smallest absolute Gasteiger partial charge is 0.252 e. The van der Waals surface area contributed by atoms with E-state index in [1.165, 1.54) is 6.92 Å². The lowest BCUT2D eigenvalue weighted by molar-refractivity contribution is -0.119. The number of carbonyl (C=O) groups is 2. The van der Waals surface area contributed by atoms with E-state index in [0.29, 0.717) is 5.56 Å². The summed E-state index contributed by atoms with van der Waals surface area (Å²) >= 11 is 11.3. The molecule has 1 rings (SSSR count). The molecule has 0 saturated heterocycles. The van der Waals surface area contributed by atoms with Gasteiger partial charge >= 0.3 is 0 Å². The van der Waals surface area contributed by atoms with E-state index < -0.39 is 11.0 Å². The molecule has 0 aliphatic heterocycles. The van der Waals surface area contributed by atoms with Crippen LogP contribution in [0.25, 0.3) is 0 Å². The van der Waals surface area contributed by atoms with Gasteiger partial charge in [-0.2, -0.15) is 0 Å². The summed E-state index contributed by atoms with van der Waals surface area (Å²) in [5.74, 6) is -0.676. The van der Waals surface area contributed by atoms with Crippen molar-refractivity contribution in [1.82, 2.24) is 10.6 Å². The predicted octanol–water partition coefficient (Wildman–Crippen LogP) is 1.68. The van der Waals surface area contributed by atoms with Crippen molar-refractivity contribution in [2.75, 3.05) is 0 Å². The van der Waals surface area contributed by atoms with Crippen molar-refractivity contribution in [3.05, 3.63) is 35.9 Å². The van der Waals surface area contributed by atoms with Gasteiger partial charge < -0.3 is 10.6 Å². The quantitative estimate of drug-likeness (QED) is 0.649. The van der Waals surface area contributed by atoms with Crippen LogP contribution in [0.15, 0.2) is 30.3 Å². The number of amides is 2. The third-order valence-corrected chi connectivity index (χ3v) is 2.44. The molecule has 0 radical (unpaired) electrons. The van der Waals surface area contributed by atoms with Crippen molar-refractivity contribution in [1.29, 1.82) is 0 Å². The lowest BCUT2D eigenvalue weighted by atomic mass is 10.2. The second-order valence-corrected chi connectivity index (χ2v) is 4.52. The van der Waals surface area contributed by atoms with Gasteiger partial charge in [0.05, 0.1) is 0 Å². The Bertz CT molecular complexity index is 396. The van der Waals surface area contributed by atoms with E-state index in [-0.39, 0.29) is 11.8 Å². The van der Waals surface area contributed by atoms with Crippen LogP contribution in [-0.2, 0) is 4.79 Å². The minimum atomic E-state index is -0.924. The van der Waals surface area contributed by atoms with Gasteiger partial charge in [-0.25, -0.2) is 0 Å². The lowest BCUT2D eigenvalue weighted by Crippen LogP contribution is -2.51. The molecule has 0 spiro atoms. The molecule has 1 atom stereocenters. The largest absolute Gasteiger partial charge is 0.334 e. The maximum absolute atomic E-state index is 11.8. The van der Waals surface area contributed by atoms with E-state index in [2.05, 4.69) is 10.6 Å². The number of halogens is 2. The lowest BCUT2D eigenvalue weighted by Gasteiger charge is -2.20. The summed E-state index contributed by atoms with van der Waals surface area (Å²) in [6.07, 6.45) is -0.816. The molecule has 0 bridgehead atoms. The van der Waals surface area contributed by atoms with Crippen LogP contribution in [0, 0.1) is 0 Å². The monoisotopic (exact) mass is 274 g/mol. The highest BCUT2D eigenvalue weighted by atomic mass is 35.5. The minimum absolute atomic E-state index is 0.324. The fraction of sp³-hybridized carbons (Fsp3) is 0.273. The molecular formula is C11H12Cl2N2O2. The Hall–Kier alpha value is -1.26. The first-order chi connectivity index (χ1) is 8.00. The molecule has 0 heterocycles. The molecular weight excluding hydrogens is 263 g/mol. The third-order valence-electron chi connectivity index (χ3n) is 1.93. The molecule has 92 valence electrons. The van der Waals surface area contributed by atoms with Crippen LogP contribution in [-0.4, -0.2) is 22.8 Å². The van der Waals surface area contributed by atoms with E-state index in [1.807, 2.05) is 0 Å². The number of alkyl halides is 2. The van der Waals surface area contributed by atoms with E-state index in [9.17, 15) is 9.59 Å².